The van der Waals surface area contributed by atoms with E-state index in [2.05, 4.69) is 30.1 Å². The minimum Gasteiger partial charge on any atom is -0.434 e. The number of guanidine groups is 1. The van der Waals surface area contributed by atoms with Gasteiger partial charge in [0.05, 0.1) is 0 Å². The molecule has 3 N–H and O–H groups in total. The van der Waals surface area contributed by atoms with Gasteiger partial charge < -0.3 is 15.4 Å². The number of nitrogens with zero attached hydrogens (tertiary/aromatic N) is 2. The Morgan fingerprint density at radius 2 is 2.03 bits per heavy atom. The molecule has 2 rings (SSSR count). The van der Waals surface area contributed by atoms with Gasteiger partial charge in [-0.2, -0.15) is 8.78 Å². The number of benzene rings is 1. The maximum absolute atomic E-state index is 12.6. The highest BCUT2D eigenvalue weighted by Crippen LogP contribution is 2.21. The molecule has 11 heteroatoms. The van der Waals surface area contributed by atoms with Crippen molar-refractivity contribution in [3.8, 4) is 5.75 Å². The van der Waals surface area contributed by atoms with Crippen molar-refractivity contribution < 1.29 is 21.9 Å². The molecule has 0 aliphatic carbocycles. The Morgan fingerprint density at radius 1 is 1.24 bits per heavy atom. The maximum Gasteiger partial charge on any atom is 0.387 e. The minimum absolute atomic E-state index is 0.0773. The van der Waals surface area contributed by atoms with Gasteiger partial charge in [0.1, 0.15) is 10.6 Å². The summed E-state index contributed by atoms with van der Waals surface area (Å²) in [5.41, 5.74) is 1.45. The lowest BCUT2D eigenvalue weighted by atomic mass is 10.1. The number of hydrogen-bond donors (Lipinski definition) is 3. The maximum atomic E-state index is 12.6. The van der Waals surface area contributed by atoms with Gasteiger partial charge in [0.15, 0.2) is 5.96 Å². The quantitative estimate of drug-likeness (QED) is 0.319. The number of aliphatic imine (C=N–C) groups is 1. The van der Waals surface area contributed by atoms with Crippen LogP contribution in [0, 0.1) is 6.92 Å². The average molecular weight is 427 g/mol. The van der Waals surface area contributed by atoms with E-state index in [0.29, 0.717) is 11.5 Å². The Hall–Kier alpha value is -2.79. The zero-order valence-corrected chi connectivity index (χ0v) is 16.8. The second kappa shape index (κ2) is 10.7. The van der Waals surface area contributed by atoms with Crippen LogP contribution in [0.2, 0.25) is 0 Å². The fraction of sp³-hybridized carbons (Fsp3) is 0.333. The molecular formula is C18H23F2N5O3S. The van der Waals surface area contributed by atoms with Gasteiger partial charge >= 0.3 is 6.61 Å². The number of nitrogens with one attached hydrogen (secondary N) is 3. The number of aryl methyl sites for hydroxylation is 1. The predicted molar refractivity (Wildman–Crippen MR) is 105 cm³/mol. The lowest BCUT2D eigenvalue weighted by molar-refractivity contribution is -0.0504. The van der Waals surface area contributed by atoms with Gasteiger partial charge in [-0.05, 0) is 25.1 Å². The van der Waals surface area contributed by atoms with E-state index in [4.69, 9.17) is 0 Å². The molecular weight excluding hydrogens is 404 g/mol. The molecule has 158 valence electrons. The van der Waals surface area contributed by atoms with E-state index >= 15 is 0 Å². The number of alkyl halides is 2. The van der Waals surface area contributed by atoms with Gasteiger partial charge in [0.2, 0.25) is 10.0 Å². The number of aromatic nitrogens is 1. The molecule has 29 heavy (non-hydrogen) atoms. The third-order valence-corrected chi connectivity index (χ3v) is 5.20. The SMILES string of the molecule is CN=C(NCCNS(=O)(=O)c1cccnc1)NCc1cc(C)ccc1OC(F)F. The van der Waals surface area contributed by atoms with Gasteiger partial charge in [-0.1, -0.05) is 17.7 Å². The molecule has 0 atom stereocenters. The van der Waals surface area contributed by atoms with Crippen LogP contribution in [0.25, 0.3) is 0 Å². The van der Waals surface area contributed by atoms with Crippen LogP contribution in [0.5, 0.6) is 5.75 Å². The zero-order valence-electron chi connectivity index (χ0n) is 16.0. The molecule has 8 nitrogen and oxygen atoms in total. The van der Waals surface area contributed by atoms with Gasteiger partial charge in [0.25, 0.3) is 0 Å². The molecule has 1 aromatic heterocycles. The van der Waals surface area contributed by atoms with Crippen LogP contribution < -0.4 is 20.1 Å². The third-order valence-electron chi connectivity index (χ3n) is 3.76. The Balaban J connectivity index is 1.85. The summed E-state index contributed by atoms with van der Waals surface area (Å²) < 4.78 is 56.3. The van der Waals surface area contributed by atoms with Crippen molar-refractivity contribution in [3.63, 3.8) is 0 Å². The molecule has 0 saturated carbocycles. The molecule has 0 spiro atoms. The Labute approximate surface area is 168 Å². The standard InChI is InChI=1S/C18H23F2N5O3S/c1-13-5-6-16(28-17(19)20)14(10-13)11-24-18(21-2)23-8-9-25-29(26,27)15-4-3-7-22-12-15/h3-7,10,12,17,25H,8-9,11H2,1-2H3,(H2,21,23,24). The summed E-state index contributed by atoms with van der Waals surface area (Å²) in [5, 5.41) is 5.93. The van der Waals surface area contributed by atoms with E-state index in [1.807, 2.05) is 6.92 Å². The van der Waals surface area contributed by atoms with Crippen LogP contribution >= 0.6 is 0 Å². The predicted octanol–water partition coefficient (Wildman–Crippen LogP) is 1.63. The van der Waals surface area contributed by atoms with Crippen LogP contribution in [0.1, 0.15) is 11.1 Å². The van der Waals surface area contributed by atoms with Gasteiger partial charge in [0, 0.05) is 44.6 Å². The van der Waals surface area contributed by atoms with Crippen molar-refractivity contribution in [1.82, 2.24) is 20.3 Å². The van der Waals surface area contributed by atoms with Crippen LogP contribution in [0.3, 0.4) is 0 Å². The van der Waals surface area contributed by atoms with Crippen LogP contribution in [0.15, 0.2) is 52.6 Å². The topological polar surface area (TPSA) is 105 Å². The van der Waals surface area contributed by atoms with Crippen molar-refractivity contribution in [2.75, 3.05) is 20.1 Å². The highest BCUT2D eigenvalue weighted by atomic mass is 32.2. The fourth-order valence-electron chi connectivity index (χ4n) is 2.41. The molecule has 0 radical (unpaired) electrons. The smallest absolute Gasteiger partial charge is 0.387 e. The van der Waals surface area contributed by atoms with E-state index < -0.39 is 16.6 Å². The van der Waals surface area contributed by atoms with E-state index in [1.165, 1.54) is 30.6 Å². The summed E-state index contributed by atoms with van der Waals surface area (Å²) in [6, 6.07) is 7.89. The first kappa shape index (κ1) is 22.5. The first-order chi connectivity index (χ1) is 13.8. The van der Waals surface area contributed by atoms with E-state index in [-0.39, 0.29) is 30.3 Å². The normalized spacial score (nSPS) is 12.1. The Bertz CT molecular complexity index is 924. The molecule has 0 saturated heterocycles. The van der Waals surface area contributed by atoms with Crippen molar-refractivity contribution in [2.45, 2.75) is 25.0 Å². The van der Waals surface area contributed by atoms with Crippen LogP contribution in [-0.4, -0.2) is 46.1 Å². The van der Waals surface area contributed by atoms with Crippen molar-refractivity contribution >= 4 is 16.0 Å². The molecule has 0 unspecified atom stereocenters. The van der Waals surface area contributed by atoms with Gasteiger partial charge in [-0.3, -0.25) is 9.98 Å². The summed E-state index contributed by atoms with van der Waals surface area (Å²) in [4.78, 5) is 7.89. The molecule has 0 bridgehead atoms. The number of ether oxygens (including phenoxy) is 1. The zero-order chi connectivity index (χ0) is 21.3. The summed E-state index contributed by atoms with van der Waals surface area (Å²) in [6.45, 7) is -0.501. The van der Waals surface area contributed by atoms with E-state index in [9.17, 15) is 17.2 Å². The molecule has 1 aromatic carbocycles. The molecule has 0 aliphatic rings. The van der Waals surface area contributed by atoms with Crippen LogP contribution in [0.4, 0.5) is 8.78 Å². The molecule has 1 heterocycles. The van der Waals surface area contributed by atoms with E-state index in [0.717, 1.165) is 5.56 Å². The van der Waals surface area contributed by atoms with Crippen LogP contribution in [-0.2, 0) is 16.6 Å². The number of pyridine rings is 1. The van der Waals surface area contributed by atoms with Crippen molar-refractivity contribution in [2.24, 2.45) is 4.99 Å². The lowest BCUT2D eigenvalue weighted by Gasteiger charge is -2.15. The second-order valence-corrected chi connectivity index (χ2v) is 7.70. The second-order valence-electron chi connectivity index (χ2n) is 5.93. The fourth-order valence-corrected chi connectivity index (χ4v) is 3.41. The molecule has 0 aliphatic heterocycles. The number of sulfonamides is 1. The van der Waals surface area contributed by atoms with Crippen molar-refractivity contribution in [3.05, 3.63) is 53.9 Å². The number of rotatable bonds is 9. The summed E-state index contributed by atoms with van der Waals surface area (Å²) in [5.74, 6) is 0.466. The number of halogens is 2. The minimum atomic E-state index is -3.64. The number of hydrogen-bond acceptors (Lipinski definition) is 5. The summed E-state index contributed by atoms with van der Waals surface area (Å²) in [6.07, 6.45) is 2.75. The van der Waals surface area contributed by atoms with E-state index in [1.54, 1.807) is 19.2 Å². The van der Waals surface area contributed by atoms with Crippen molar-refractivity contribution in [1.29, 1.82) is 0 Å². The third kappa shape index (κ3) is 7.27. The first-order valence-corrected chi connectivity index (χ1v) is 10.2. The Kier molecular flexibility index (Phi) is 8.28. The average Bonchev–Trinajstić information content (AvgIpc) is 2.69. The Morgan fingerprint density at radius 3 is 2.69 bits per heavy atom. The molecule has 0 amide bonds. The van der Waals surface area contributed by atoms with Gasteiger partial charge in [-0.25, -0.2) is 13.1 Å². The highest BCUT2D eigenvalue weighted by molar-refractivity contribution is 7.89. The summed E-state index contributed by atoms with van der Waals surface area (Å²) >= 11 is 0. The molecule has 0 fully saturated rings. The summed E-state index contributed by atoms with van der Waals surface area (Å²) in [7, 11) is -2.10. The monoisotopic (exact) mass is 427 g/mol. The molecule has 2 aromatic rings. The largest absolute Gasteiger partial charge is 0.434 e. The lowest BCUT2D eigenvalue weighted by Crippen LogP contribution is -2.41. The van der Waals surface area contributed by atoms with Gasteiger partial charge in [-0.15, -0.1) is 0 Å². The first-order valence-electron chi connectivity index (χ1n) is 8.70. The highest BCUT2D eigenvalue weighted by Gasteiger charge is 2.13.